The van der Waals surface area contributed by atoms with Gasteiger partial charge in [-0.25, -0.2) is 4.98 Å². The van der Waals surface area contributed by atoms with Gasteiger partial charge in [0.25, 0.3) is 0 Å². The van der Waals surface area contributed by atoms with Gasteiger partial charge in [0.1, 0.15) is 5.75 Å². The molecule has 0 spiro atoms. The molecule has 0 bridgehead atoms. The normalized spacial score (nSPS) is 15.8. The Labute approximate surface area is 215 Å². The molecule has 3 heterocycles. The van der Waals surface area contributed by atoms with Crippen LogP contribution >= 0.6 is 11.6 Å². The highest BCUT2D eigenvalue weighted by atomic mass is 35.5. The largest absolute Gasteiger partial charge is 0.493 e. The number of aromatic hydroxyl groups is 2. The number of hydrogen-bond acceptors (Lipinski definition) is 7. The first-order valence-corrected chi connectivity index (χ1v) is 12.6. The van der Waals surface area contributed by atoms with Crippen LogP contribution in [0.1, 0.15) is 36.8 Å². The average molecular weight is 505 g/mol. The minimum atomic E-state index is -0.507. The quantitative estimate of drug-likeness (QED) is 0.298. The maximum absolute atomic E-state index is 10.4. The van der Waals surface area contributed by atoms with Gasteiger partial charge in [0, 0.05) is 34.9 Å². The van der Waals surface area contributed by atoms with Crippen molar-refractivity contribution in [2.75, 3.05) is 13.2 Å². The van der Waals surface area contributed by atoms with Gasteiger partial charge >= 0.3 is 6.01 Å². The summed E-state index contributed by atoms with van der Waals surface area (Å²) in [6, 6.07) is 9.93. The summed E-state index contributed by atoms with van der Waals surface area (Å²) in [4.78, 5) is 12.2. The van der Waals surface area contributed by atoms with Crippen LogP contribution in [0, 0.1) is 13.8 Å². The number of nitrogens with one attached hydrogen (secondary N) is 1. The average Bonchev–Trinajstić information content (AvgIpc) is 2.84. The lowest BCUT2D eigenvalue weighted by molar-refractivity contribution is 0.271. The Hall–Kier alpha value is -3.42. The van der Waals surface area contributed by atoms with Crippen LogP contribution in [0.15, 0.2) is 42.7 Å². The van der Waals surface area contributed by atoms with E-state index < -0.39 is 6.01 Å². The molecule has 3 N–H and O–H groups in total. The summed E-state index contributed by atoms with van der Waals surface area (Å²) in [5.74, 6) is 0.367. The van der Waals surface area contributed by atoms with Gasteiger partial charge in [0.15, 0.2) is 0 Å². The minimum Gasteiger partial charge on any atom is -0.493 e. The van der Waals surface area contributed by atoms with Crippen LogP contribution in [-0.4, -0.2) is 44.4 Å². The van der Waals surface area contributed by atoms with Crippen molar-refractivity contribution in [3.05, 3.63) is 58.9 Å². The number of aromatic nitrogens is 3. The zero-order valence-electron chi connectivity index (χ0n) is 20.4. The fraction of sp³-hybridized carbons (Fsp3) is 0.321. The standard InChI is InChI=1S/C28H29ClN4O3/c1-16-9-17(2)11-18(10-16)22-14-31-25-13-24(29)20(23-15-32-28(35)33-27(23)34)12-21(25)26(22)36-8-6-19-5-3-4-7-30-19/h9-15,19,30H,3-8H2,1-2H3,(H2,32,33,34,35)/t19-/m1/s1. The molecule has 5 rings (SSSR count). The number of ether oxygens (including phenoxy) is 1. The SMILES string of the molecule is Cc1cc(C)cc(-c2cnc3cc(Cl)c(-c4cnc(O)nc4O)cc3c2OCC[C@H]2CCCCN2)c1. The summed E-state index contributed by atoms with van der Waals surface area (Å²) in [5.41, 5.74) is 5.76. The number of aryl methyl sites for hydroxylation is 2. The van der Waals surface area contributed by atoms with Crippen molar-refractivity contribution in [3.8, 4) is 39.9 Å². The highest BCUT2D eigenvalue weighted by molar-refractivity contribution is 6.34. The summed E-state index contributed by atoms with van der Waals surface area (Å²) in [6.07, 6.45) is 7.71. The van der Waals surface area contributed by atoms with Gasteiger partial charge in [-0.15, -0.1) is 0 Å². The molecule has 1 atom stereocenters. The van der Waals surface area contributed by atoms with E-state index in [9.17, 15) is 10.2 Å². The zero-order chi connectivity index (χ0) is 25.2. The third-order valence-electron chi connectivity index (χ3n) is 6.61. The number of benzene rings is 2. The Morgan fingerprint density at radius 3 is 2.47 bits per heavy atom. The predicted molar refractivity (Wildman–Crippen MR) is 142 cm³/mol. The van der Waals surface area contributed by atoms with Crippen molar-refractivity contribution >= 4 is 22.5 Å². The monoisotopic (exact) mass is 504 g/mol. The maximum atomic E-state index is 10.4. The first-order chi connectivity index (χ1) is 17.4. The number of piperidine rings is 1. The van der Waals surface area contributed by atoms with E-state index in [4.69, 9.17) is 21.3 Å². The molecule has 0 aliphatic carbocycles. The van der Waals surface area contributed by atoms with Crippen molar-refractivity contribution < 1.29 is 14.9 Å². The van der Waals surface area contributed by atoms with E-state index in [-0.39, 0.29) is 5.88 Å². The molecule has 1 saturated heterocycles. The van der Waals surface area contributed by atoms with E-state index >= 15 is 0 Å². The smallest absolute Gasteiger partial charge is 0.317 e. The second-order valence-corrected chi connectivity index (χ2v) is 9.83. The molecule has 2 aromatic carbocycles. The van der Waals surface area contributed by atoms with Crippen LogP contribution in [0.25, 0.3) is 33.2 Å². The predicted octanol–water partition coefficient (Wildman–Crippen LogP) is 5.95. The molecule has 0 amide bonds. The van der Waals surface area contributed by atoms with E-state index in [1.54, 1.807) is 6.07 Å². The van der Waals surface area contributed by atoms with Gasteiger partial charge in [0.2, 0.25) is 5.88 Å². The highest BCUT2D eigenvalue weighted by Crippen LogP contribution is 2.42. The first kappa shape index (κ1) is 24.3. The van der Waals surface area contributed by atoms with Crippen LogP contribution in [0.3, 0.4) is 0 Å². The van der Waals surface area contributed by atoms with Gasteiger partial charge in [-0.2, -0.15) is 4.98 Å². The zero-order valence-corrected chi connectivity index (χ0v) is 21.1. The minimum absolute atomic E-state index is 0.314. The van der Waals surface area contributed by atoms with Crippen LogP contribution in [0.2, 0.25) is 5.02 Å². The Bertz CT molecular complexity index is 1400. The molecule has 0 saturated carbocycles. The lowest BCUT2D eigenvalue weighted by atomic mass is 9.98. The number of pyridine rings is 1. The summed E-state index contributed by atoms with van der Waals surface area (Å²) < 4.78 is 6.51. The molecule has 1 fully saturated rings. The molecular formula is C28H29ClN4O3. The van der Waals surface area contributed by atoms with E-state index in [2.05, 4.69) is 47.3 Å². The van der Waals surface area contributed by atoms with Crippen molar-refractivity contribution in [2.24, 2.45) is 0 Å². The van der Waals surface area contributed by atoms with Crippen LogP contribution < -0.4 is 10.1 Å². The number of hydrogen-bond donors (Lipinski definition) is 3. The first-order valence-electron chi connectivity index (χ1n) is 12.2. The van der Waals surface area contributed by atoms with Gasteiger partial charge in [-0.05, 0) is 57.4 Å². The molecule has 0 radical (unpaired) electrons. The second kappa shape index (κ2) is 10.3. The van der Waals surface area contributed by atoms with Crippen molar-refractivity contribution in [2.45, 2.75) is 45.6 Å². The third kappa shape index (κ3) is 5.08. The van der Waals surface area contributed by atoms with E-state index in [0.29, 0.717) is 34.3 Å². The molecule has 2 aromatic heterocycles. The summed E-state index contributed by atoms with van der Waals surface area (Å²) in [6.45, 7) is 5.76. The fourth-order valence-corrected chi connectivity index (χ4v) is 5.17. The Balaban J connectivity index is 1.63. The number of rotatable bonds is 6. The van der Waals surface area contributed by atoms with Gasteiger partial charge in [-0.3, -0.25) is 4.98 Å². The summed E-state index contributed by atoms with van der Waals surface area (Å²) in [7, 11) is 0. The lowest BCUT2D eigenvalue weighted by Gasteiger charge is -2.24. The highest BCUT2D eigenvalue weighted by Gasteiger charge is 2.19. The van der Waals surface area contributed by atoms with Crippen LogP contribution in [0.4, 0.5) is 0 Å². The Morgan fingerprint density at radius 1 is 0.972 bits per heavy atom. The van der Waals surface area contributed by atoms with Crippen molar-refractivity contribution in [1.29, 1.82) is 0 Å². The molecule has 7 nitrogen and oxygen atoms in total. The van der Waals surface area contributed by atoms with Gasteiger partial charge in [-0.1, -0.05) is 47.3 Å². The Kier molecular flexibility index (Phi) is 6.94. The molecule has 1 aliphatic rings. The molecule has 8 heteroatoms. The number of fused-ring (bicyclic) bond motifs is 1. The van der Waals surface area contributed by atoms with E-state index in [1.807, 2.05) is 12.3 Å². The third-order valence-corrected chi connectivity index (χ3v) is 6.92. The maximum Gasteiger partial charge on any atom is 0.317 e. The Morgan fingerprint density at radius 2 is 1.75 bits per heavy atom. The topological polar surface area (TPSA) is 100 Å². The van der Waals surface area contributed by atoms with Crippen molar-refractivity contribution in [1.82, 2.24) is 20.3 Å². The molecule has 4 aromatic rings. The molecular weight excluding hydrogens is 476 g/mol. The second-order valence-electron chi connectivity index (χ2n) is 9.42. The lowest BCUT2D eigenvalue weighted by Crippen LogP contribution is -2.35. The summed E-state index contributed by atoms with van der Waals surface area (Å²) >= 11 is 6.59. The number of halogens is 1. The van der Waals surface area contributed by atoms with Crippen LogP contribution in [-0.2, 0) is 0 Å². The molecule has 36 heavy (non-hydrogen) atoms. The van der Waals surface area contributed by atoms with Crippen molar-refractivity contribution in [3.63, 3.8) is 0 Å². The van der Waals surface area contributed by atoms with E-state index in [1.165, 1.54) is 19.0 Å². The van der Waals surface area contributed by atoms with Crippen LogP contribution in [0.5, 0.6) is 17.6 Å². The number of nitrogens with zero attached hydrogens (tertiary/aromatic N) is 3. The molecule has 1 aliphatic heterocycles. The summed E-state index contributed by atoms with van der Waals surface area (Å²) in [5, 5.41) is 24.6. The van der Waals surface area contributed by atoms with Gasteiger partial charge < -0.3 is 20.3 Å². The van der Waals surface area contributed by atoms with Gasteiger partial charge in [0.05, 0.1) is 22.7 Å². The fourth-order valence-electron chi connectivity index (χ4n) is 4.91. The molecule has 186 valence electrons. The molecule has 0 unspecified atom stereocenters. The van der Waals surface area contributed by atoms with E-state index in [0.717, 1.165) is 52.8 Å².